The summed E-state index contributed by atoms with van der Waals surface area (Å²) in [5.74, 6) is -2.35. The Morgan fingerprint density at radius 3 is 2.17 bits per heavy atom. The van der Waals surface area contributed by atoms with Crippen molar-refractivity contribution in [3.63, 3.8) is 0 Å². The SMILES string of the molecule is CC(O)(c1ccc(C(F)(F)F)cc1)C(NC(=O)C(N)CC(=O)N(CCN)CCN)C(=O)Nc1cnc2ccccc2c1. The zero-order chi connectivity index (χ0) is 31.1. The van der Waals surface area contributed by atoms with Crippen LogP contribution in [0.15, 0.2) is 60.8 Å². The second-order valence-electron chi connectivity index (χ2n) is 9.84. The number of aromatic nitrogens is 1. The van der Waals surface area contributed by atoms with Crippen molar-refractivity contribution in [2.75, 3.05) is 31.5 Å². The highest BCUT2D eigenvalue weighted by molar-refractivity contribution is 6.00. The van der Waals surface area contributed by atoms with Crippen molar-refractivity contribution in [1.29, 1.82) is 0 Å². The lowest BCUT2D eigenvalue weighted by atomic mass is 9.86. The van der Waals surface area contributed by atoms with E-state index in [-0.39, 0.29) is 37.4 Å². The molecule has 1 aromatic heterocycles. The number of halogens is 3. The van der Waals surface area contributed by atoms with Gasteiger partial charge in [-0.05, 0) is 36.8 Å². The van der Waals surface area contributed by atoms with E-state index < -0.39 is 53.6 Å². The van der Waals surface area contributed by atoms with Crippen molar-refractivity contribution in [3.05, 3.63) is 71.9 Å². The number of nitrogens with two attached hydrogens (primary N) is 3. The van der Waals surface area contributed by atoms with Crippen LogP contribution in [0.2, 0.25) is 0 Å². The number of benzene rings is 2. The van der Waals surface area contributed by atoms with E-state index in [0.29, 0.717) is 10.9 Å². The molecule has 226 valence electrons. The maximum absolute atomic E-state index is 13.5. The van der Waals surface area contributed by atoms with Crippen LogP contribution in [0.1, 0.15) is 24.5 Å². The molecule has 0 aliphatic carbocycles. The van der Waals surface area contributed by atoms with Crippen LogP contribution in [0.5, 0.6) is 0 Å². The number of carbonyl (C=O) groups is 3. The van der Waals surface area contributed by atoms with Crippen molar-refractivity contribution in [1.82, 2.24) is 15.2 Å². The topological polar surface area (TPSA) is 190 Å². The lowest BCUT2D eigenvalue weighted by Crippen LogP contribution is -2.59. The Bertz CT molecular complexity index is 1390. The first-order valence-electron chi connectivity index (χ1n) is 13.1. The normalized spacial score (nSPS) is 14.5. The van der Waals surface area contributed by atoms with Gasteiger partial charge in [0.2, 0.25) is 17.7 Å². The minimum Gasteiger partial charge on any atom is -0.383 e. The monoisotopic (exact) mass is 589 g/mol. The van der Waals surface area contributed by atoms with Crippen LogP contribution in [-0.4, -0.2) is 71.0 Å². The lowest BCUT2D eigenvalue weighted by molar-refractivity contribution is -0.138. The fourth-order valence-corrected chi connectivity index (χ4v) is 4.31. The smallest absolute Gasteiger partial charge is 0.383 e. The molecule has 0 radical (unpaired) electrons. The first-order valence-corrected chi connectivity index (χ1v) is 13.1. The number of amides is 3. The van der Waals surface area contributed by atoms with E-state index in [9.17, 15) is 32.7 Å². The average molecular weight is 590 g/mol. The molecule has 0 saturated carbocycles. The van der Waals surface area contributed by atoms with E-state index in [1.54, 1.807) is 30.3 Å². The highest BCUT2D eigenvalue weighted by atomic mass is 19.4. The van der Waals surface area contributed by atoms with E-state index in [2.05, 4.69) is 15.6 Å². The van der Waals surface area contributed by atoms with E-state index in [1.165, 1.54) is 18.0 Å². The van der Waals surface area contributed by atoms with Gasteiger partial charge < -0.3 is 37.8 Å². The number of para-hydroxylation sites is 1. The van der Waals surface area contributed by atoms with E-state index >= 15 is 0 Å². The molecule has 3 amide bonds. The van der Waals surface area contributed by atoms with Crippen LogP contribution in [0, 0.1) is 0 Å². The Morgan fingerprint density at radius 2 is 1.57 bits per heavy atom. The number of anilines is 1. The van der Waals surface area contributed by atoms with Gasteiger partial charge in [0.25, 0.3) is 0 Å². The zero-order valence-electron chi connectivity index (χ0n) is 22.9. The van der Waals surface area contributed by atoms with E-state index in [1.807, 2.05) is 0 Å². The Kier molecular flexibility index (Phi) is 10.6. The predicted octanol–water partition coefficient (Wildman–Crippen LogP) is 1.05. The van der Waals surface area contributed by atoms with Gasteiger partial charge in [-0.1, -0.05) is 30.3 Å². The van der Waals surface area contributed by atoms with Gasteiger partial charge in [0.15, 0.2) is 0 Å². The minimum atomic E-state index is -4.63. The Morgan fingerprint density at radius 1 is 0.976 bits per heavy atom. The Balaban J connectivity index is 1.89. The summed E-state index contributed by atoms with van der Waals surface area (Å²) in [6, 6.07) is 9.06. The Hall–Kier alpha value is -4.11. The van der Waals surface area contributed by atoms with Crippen LogP contribution in [0.3, 0.4) is 0 Å². The molecule has 1 heterocycles. The first kappa shape index (κ1) is 32.4. The number of carbonyl (C=O) groups excluding carboxylic acids is 3. The summed E-state index contributed by atoms with van der Waals surface area (Å²) in [6.45, 7) is 1.87. The second kappa shape index (κ2) is 13.7. The summed E-state index contributed by atoms with van der Waals surface area (Å²) in [5.41, 5.74) is 14.7. The van der Waals surface area contributed by atoms with E-state index in [4.69, 9.17) is 17.2 Å². The van der Waals surface area contributed by atoms with Crippen molar-refractivity contribution >= 4 is 34.3 Å². The number of aliphatic hydroxyl groups is 1. The molecular formula is C28H34F3N7O4. The van der Waals surface area contributed by atoms with Gasteiger partial charge in [-0.25, -0.2) is 0 Å². The molecule has 0 aliphatic rings. The lowest BCUT2D eigenvalue weighted by Gasteiger charge is -2.34. The van der Waals surface area contributed by atoms with Gasteiger partial charge in [-0.2, -0.15) is 13.2 Å². The van der Waals surface area contributed by atoms with Crippen LogP contribution in [-0.2, 0) is 26.2 Å². The zero-order valence-corrected chi connectivity index (χ0v) is 22.9. The van der Waals surface area contributed by atoms with Gasteiger partial charge in [0.05, 0.1) is 35.4 Å². The molecular weight excluding hydrogens is 555 g/mol. The molecule has 0 fully saturated rings. The number of rotatable bonds is 12. The molecule has 9 N–H and O–H groups in total. The summed E-state index contributed by atoms with van der Waals surface area (Å²) in [7, 11) is 0. The first-order chi connectivity index (χ1) is 19.8. The van der Waals surface area contributed by atoms with Crippen molar-refractivity contribution in [3.8, 4) is 0 Å². The summed E-state index contributed by atoms with van der Waals surface area (Å²) >= 11 is 0. The molecule has 11 nitrogen and oxygen atoms in total. The molecule has 3 atom stereocenters. The third kappa shape index (κ3) is 8.00. The van der Waals surface area contributed by atoms with Crippen LogP contribution >= 0.6 is 0 Å². The summed E-state index contributed by atoms with van der Waals surface area (Å²) < 4.78 is 39.4. The quantitative estimate of drug-likeness (QED) is 0.181. The number of nitrogens with one attached hydrogen (secondary N) is 2. The van der Waals surface area contributed by atoms with Crippen molar-refractivity contribution in [2.45, 2.75) is 37.2 Å². The van der Waals surface area contributed by atoms with Crippen LogP contribution < -0.4 is 27.8 Å². The maximum atomic E-state index is 13.5. The summed E-state index contributed by atoms with van der Waals surface area (Å²) in [5, 5.41) is 17.1. The summed E-state index contributed by atoms with van der Waals surface area (Å²) in [6.07, 6.45) is -3.70. The number of hydrogen-bond donors (Lipinski definition) is 6. The number of fused-ring (bicyclic) bond motifs is 1. The molecule has 3 rings (SSSR count). The largest absolute Gasteiger partial charge is 0.416 e. The molecule has 2 aromatic carbocycles. The third-order valence-electron chi connectivity index (χ3n) is 6.65. The van der Waals surface area contributed by atoms with Gasteiger partial charge >= 0.3 is 6.18 Å². The van der Waals surface area contributed by atoms with E-state index in [0.717, 1.165) is 24.3 Å². The molecule has 0 spiro atoms. The molecule has 14 heteroatoms. The standard InChI is InChI=1S/C28H34F3N7O4/c1-27(42,18-6-8-19(9-7-18)28(29,30)31)24(26(41)36-20-14-17-4-2-3-5-22(17)35-16-20)37-25(40)21(34)15-23(39)38(12-10-32)13-11-33/h2-9,14,16,21,24,42H,10-13,15,32-34H2,1H3,(H,36,41)(H,37,40). The van der Waals surface area contributed by atoms with Crippen molar-refractivity contribution in [2.24, 2.45) is 17.2 Å². The molecule has 0 aliphatic heterocycles. The van der Waals surface area contributed by atoms with Gasteiger partial charge in [0.1, 0.15) is 11.6 Å². The number of alkyl halides is 3. The van der Waals surface area contributed by atoms with Crippen LogP contribution in [0.4, 0.5) is 18.9 Å². The minimum absolute atomic E-state index is 0.0886. The predicted molar refractivity (Wildman–Crippen MR) is 151 cm³/mol. The third-order valence-corrected chi connectivity index (χ3v) is 6.65. The number of hydrogen-bond acceptors (Lipinski definition) is 8. The second-order valence-corrected chi connectivity index (χ2v) is 9.84. The number of nitrogens with zero attached hydrogens (tertiary/aromatic N) is 2. The average Bonchev–Trinajstić information content (AvgIpc) is 2.94. The Labute approximate surface area is 240 Å². The fraction of sp³-hybridized carbons (Fsp3) is 0.357. The van der Waals surface area contributed by atoms with Crippen LogP contribution in [0.25, 0.3) is 10.9 Å². The van der Waals surface area contributed by atoms with Crippen molar-refractivity contribution < 1.29 is 32.7 Å². The van der Waals surface area contributed by atoms with Gasteiger partial charge in [0, 0.05) is 31.6 Å². The number of pyridine rings is 1. The highest BCUT2D eigenvalue weighted by Crippen LogP contribution is 2.32. The molecule has 0 saturated heterocycles. The maximum Gasteiger partial charge on any atom is 0.416 e. The molecule has 3 aromatic rings. The molecule has 0 bridgehead atoms. The highest BCUT2D eigenvalue weighted by Gasteiger charge is 2.42. The molecule has 42 heavy (non-hydrogen) atoms. The summed E-state index contributed by atoms with van der Waals surface area (Å²) in [4.78, 5) is 44.9. The van der Waals surface area contributed by atoms with Gasteiger partial charge in [-0.3, -0.25) is 19.4 Å². The molecule has 3 unspecified atom stereocenters. The fourth-order valence-electron chi connectivity index (χ4n) is 4.31. The van der Waals surface area contributed by atoms with Gasteiger partial charge in [-0.15, -0.1) is 0 Å².